The van der Waals surface area contributed by atoms with Gasteiger partial charge in [-0.05, 0) is 37.1 Å². The van der Waals surface area contributed by atoms with Gasteiger partial charge in [-0.1, -0.05) is 6.92 Å². The van der Waals surface area contributed by atoms with Gasteiger partial charge >= 0.3 is 0 Å². The summed E-state index contributed by atoms with van der Waals surface area (Å²) < 4.78 is 5.55. The van der Waals surface area contributed by atoms with Crippen molar-refractivity contribution in [2.24, 2.45) is 5.92 Å². The molecular formula is C14H19NO3. The van der Waals surface area contributed by atoms with Crippen LogP contribution in [0.5, 0.6) is 5.75 Å². The number of amides is 1. The molecule has 2 atom stereocenters. The van der Waals surface area contributed by atoms with Crippen LogP contribution in [0, 0.1) is 5.92 Å². The lowest BCUT2D eigenvalue weighted by Crippen LogP contribution is -2.36. The molecule has 1 aliphatic rings. The highest BCUT2D eigenvalue weighted by molar-refractivity contribution is 5.95. The zero-order chi connectivity index (χ0) is 13.1. The number of nitrogens with zero attached hydrogens (tertiary/aromatic N) is 1. The molecule has 0 aliphatic carbocycles. The Bertz CT molecular complexity index is 416. The van der Waals surface area contributed by atoms with E-state index < -0.39 is 0 Å². The summed E-state index contributed by atoms with van der Waals surface area (Å²) in [6.07, 6.45) is 1.69. The Morgan fingerprint density at radius 2 is 2.11 bits per heavy atom. The lowest BCUT2D eigenvalue weighted by molar-refractivity contribution is -0.123. The van der Waals surface area contributed by atoms with Crippen molar-refractivity contribution < 1.29 is 14.6 Å². The SMILES string of the molecule is CCC1OCCC1C(=O)N(C)c1ccc(O)cc1. The highest BCUT2D eigenvalue weighted by Gasteiger charge is 2.34. The third-order valence-corrected chi connectivity index (χ3v) is 3.50. The van der Waals surface area contributed by atoms with Crippen molar-refractivity contribution in [3.05, 3.63) is 24.3 Å². The summed E-state index contributed by atoms with van der Waals surface area (Å²) in [5.41, 5.74) is 0.791. The largest absolute Gasteiger partial charge is 0.508 e. The van der Waals surface area contributed by atoms with Crippen molar-refractivity contribution >= 4 is 11.6 Å². The van der Waals surface area contributed by atoms with Gasteiger partial charge in [0, 0.05) is 19.3 Å². The van der Waals surface area contributed by atoms with Crippen LogP contribution >= 0.6 is 0 Å². The first-order valence-corrected chi connectivity index (χ1v) is 6.31. The van der Waals surface area contributed by atoms with E-state index in [2.05, 4.69) is 0 Å². The summed E-state index contributed by atoms with van der Waals surface area (Å²) in [6, 6.07) is 6.65. The Labute approximate surface area is 107 Å². The predicted octanol–water partition coefficient (Wildman–Crippen LogP) is 2.17. The van der Waals surface area contributed by atoms with Crippen molar-refractivity contribution in [2.45, 2.75) is 25.9 Å². The van der Waals surface area contributed by atoms with Crippen LogP contribution in [0.4, 0.5) is 5.69 Å². The van der Waals surface area contributed by atoms with Crippen LogP contribution in [0.15, 0.2) is 24.3 Å². The Balaban J connectivity index is 2.11. The van der Waals surface area contributed by atoms with Gasteiger partial charge in [0.15, 0.2) is 0 Å². The summed E-state index contributed by atoms with van der Waals surface area (Å²) in [7, 11) is 1.76. The van der Waals surface area contributed by atoms with E-state index in [1.165, 1.54) is 0 Å². The molecule has 2 unspecified atom stereocenters. The van der Waals surface area contributed by atoms with Crippen LogP contribution in [0.25, 0.3) is 0 Å². The molecule has 1 aliphatic heterocycles. The normalized spacial score (nSPS) is 23.0. The van der Waals surface area contributed by atoms with Crippen LogP contribution in [0.1, 0.15) is 19.8 Å². The van der Waals surface area contributed by atoms with E-state index in [-0.39, 0.29) is 23.7 Å². The molecule has 1 aromatic rings. The van der Waals surface area contributed by atoms with Crippen LogP contribution in [-0.4, -0.2) is 30.8 Å². The molecule has 0 saturated carbocycles. The van der Waals surface area contributed by atoms with Crippen molar-refractivity contribution in [1.29, 1.82) is 0 Å². The number of aromatic hydroxyl groups is 1. The second kappa shape index (κ2) is 5.40. The van der Waals surface area contributed by atoms with Crippen molar-refractivity contribution in [2.75, 3.05) is 18.6 Å². The molecular weight excluding hydrogens is 230 g/mol. The number of carbonyl (C=O) groups is 1. The molecule has 1 amide bonds. The quantitative estimate of drug-likeness (QED) is 0.893. The molecule has 18 heavy (non-hydrogen) atoms. The second-order valence-electron chi connectivity index (χ2n) is 4.63. The van der Waals surface area contributed by atoms with Gasteiger partial charge < -0.3 is 14.7 Å². The molecule has 98 valence electrons. The predicted molar refractivity (Wildman–Crippen MR) is 69.7 cm³/mol. The summed E-state index contributed by atoms with van der Waals surface area (Å²) in [5, 5.41) is 9.25. The molecule has 0 bridgehead atoms. The summed E-state index contributed by atoms with van der Waals surface area (Å²) >= 11 is 0. The van der Waals surface area contributed by atoms with Gasteiger partial charge in [0.05, 0.1) is 12.0 Å². The lowest BCUT2D eigenvalue weighted by atomic mass is 9.98. The molecule has 1 fully saturated rings. The first-order chi connectivity index (χ1) is 8.63. The van der Waals surface area contributed by atoms with E-state index in [1.807, 2.05) is 6.92 Å². The summed E-state index contributed by atoms with van der Waals surface area (Å²) in [4.78, 5) is 14.0. The average molecular weight is 249 g/mol. The number of anilines is 1. The maximum Gasteiger partial charge on any atom is 0.232 e. The monoisotopic (exact) mass is 249 g/mol. The number of ether oxygens (including phenoxy) is 1. The van der Waals surface area contributed by atoms with E-state index in [0.29, 0.717) is 6.61 Å². The molecule has 0 spiro atoms. The fourth-order valence-corrected chi connectivity index (χ4v) is 2.39. The summed E-state index contributed by atoms with van der Waals surface area (Å²) in [5.74, 6) is 0.245. The lowest BCUT2D eigenvalue weighted by Gasteiger charge is -2.23. The zero-order valence-electron chi connectivity index (χ0n) is 10.8. The second-order valence-corrected chi connectivity index (χ2v) is 4.63. The fraction of sp³-hybridized carbons (Fsp3) is 0.500. The molecule has 1 heterocycles. The van der Waals surface area contributed by atoms with E-state index >= 15 is 0 Å². The van der Waals surface area contributed by atoms with Gasteiger partial charge in [-0.3, -0.25) is 4.79 Å². The van der Waals surface area contributed by atoms with Gasteiger partial charge in [0.2, 0.25) is 5.91 Å². The molecule has 0 aromatic heterocycles. The zero-order valence-corrected chi connectivity index (χ0v) is 10.8. The Kier molecular flexibility index (Phi) is 3.87. The Hall–Kier alpha value is -1.55. The van der Waals surface area contributed by atoms with Crippen molar-refractivity contribution in [3.8, 4) is 5.75 Å². The Morgan fingerprint density at radius 3 is 2.72 bits per heavy atom. The van der Waals surface area contributed by atoms with E-state index in [1.54, 1.807) is 36.2 Å². The maximum absolute atomic E-state index is 12.4. The summed E-state index contributed by atoms with van der Waals surface area (Å²) in [6.45, 7) is 2.70. The minimum absolute atomic E-state index is 0.0389. The average Bonchev–Trinajstić information content (AvgIpc) is 2.86. The highest BCUT2D eigenvalue weighted by atomic mass is 16.5. The van der Waals surface area contributed by atoms with E-state index in [9.17, 15) is 9.90 Å². The number of phenols is 1. The minimum atomic E-state index is -0.0474. The van der Waals surface area contributed by atoms with E-state index in [4.69, 9.17) is 4.74 Å². The van der Waals surface area contributed by atoms with Gasteiger partial charge in [0.1, 0.15) is 5.75 Å². The van der Waals surface area contributed by atoms with Crippen LogP contribution < -0.4 is 4.90 Å². The van der Waals surface area contributed by atoms with Gasteiger partial charge in [-0.2, -0.15) is 0 Å². The first-order valence-electron chi connectivity index (χ1n) is 6.31. The van der Waals surface area contributed by atoms with Crippen LogP contribution in [0.2, 0.25) is 0 Å². The maximum atomic E-state index is 12.4. The smallest absolute Gasteiger partial charge is 0.232 e. The number of rotatable bonds is 3. The van der Waals surface area contributed by atoms with Gasteiger partial charge in [-0.15, -0.1) is 0 Å². The highest BCUT2D eigenvalue weighted by Crippen LogP contribution is 2.27. The molecule has 2 rings (SSSR count). The molecule has 4 nitrogen and oxygen atoms in total. The fourth-order valence-electron chi connectivity index (χ4n) is 2.39. The molecule has 4 heteroatoms. The van der Waals surface area contributed by atoms with Crippen molar-refractivity contribution in [3.63, 3.8) is 0 Å². The van der Waals surface area contributed by atoms with E-state index in [0.717, 1.165) is 18.5 Å². The third kappa shape index (κ3) is 2.48. The molecule has 0 radical (unpaired) electrons. The van der Waals surface area contributed by atoms with Crippen LogP contribution in [-0.2, 0) is 9.53 Å². The third-order valence-electron chi connectivity index (χ3n) is 3.50. The molecule has 1 N–H and O–H groups in total. The molecule has 1 saturated heterocycles. The number of hydrogen-bond acceptors (Lipinski definition) is 3. The minimum Gasteiger partial charge on any atom is -0.508 e. The number of carbonyl (C=O) groups excluding carboxylic acids is 1. The Morgan fingerprint density at radius 1 is 1.44 bits per heavy atom. The van der Waals surface area contributed by atoms with Crippen molar-refractivity contribution in [1.82, 2.24) is 0 Å². The van der Waals surface area contributed by atoms with Gasteiger partial charge in [-0.25, -0.2) is 0 Å². The molecule has 1 aromatic carbocycles. The topological polar surface area (TPSA) is 49.8 Å². The standard InChI is InChI=1S/C14H19NO3/c1-3-13-12(8-9-18-13)14(17)15(2)10-4-6-11(16)7-5-10/h4-7,12-13,16H,3,8-9H2,1-2H3. The van der Waals surface area contributed by atoms with Crippen LogP contribution in [0.3, 0.4) is 0 Å². The van der Waals surface area contributed by atoms with Gasteiger partial charge in [0.25, 0.3) is 0 Å². The number of hydrogen-bond donors (Lipinski definition) is 1. The number of phenolic OH excluding ortho intramolecular Hbond substituents is 1. The number of benzene rings is 1. The first kappa shape index (κ1) is 12.9.